The zero-order chi connectivity index (χ0) is 19.3. The van der Waals surface area contributed by atoms with Crippen molar-refractivity contribution < 1.29 is 22.3 Å². The average molecular weight is 380 g/mol. The number of sulfonamides is 1. The lowest BCUT2D eigenvalue weighted by Gasteiger charge is -2.18. The van der Waals surface area contributed by atoms with Gasteiger partial charge in [-0.05, 0) is 36.4 Å². The van der Waals surface area contributed by atoms with E-state index in [0.717, 1.165) is 6.07 Å². The van der Waals surface area contributed by atoms with E-state index in [1.54, 1.807) is 13.8 Å². The summed E-state index contributed by atoms with van der Waals surface area (Å²) in [5.74, 6) is -1.03. The molecule has 1 amide bonds. The minimum absolute atomic E-state index is 0.134. The Hall–Kier alpha value is -2.45. The van der Waals surface area contributed by atoms with Crippen molar-refractivity contribution in [3.05, 3.63) is 53.8 Å². The molecule has 2 rings (SSSR count). The highest BCUT2D eigenvalue weighted by molar-refractivity contribution is 7.89. The van der Waals surface area contributed by atoms with Gasteiger partial charge in [-0.2, -0.15) is 4.31 Å². The van der Waals surface area contributed by atoms with E-state index in [9.17, 15) is 17.6 Å². The molecule has 2 aromatic rings. The summed E-state index contributed by atoms with van der Waals surface area (Å²) in [4.78, 5) is 12.3. The highest BCUT2D eigenvalue weighted by atomic mass is 32.2. The average Bonchev–Trinajstić information content (AvgIpc) is 2.62. The molecule has 0 unspecified atom stereocenters. The number of hydrogen-bond acceptors (Lipinski definition) is 4. The summed E-state index contributed by atoms with van der Waals surface area (Å²) >= 11 is 0. The monoisotopic (exact) mass is 380 g/mol. The molecule has 0 aromatic heterocycles. The summed E-state index contributed by atoms with van der Waals surface area (Å²) < 4.78 is 45.1. The van der Waals surface area contributed by atoms with Gasteiger partial charge < -0.3 is 10.1 Å². The van der Waals surface area contributed by atoms with Gasteiger partial charge in [-0.15, -0.1) is 0 Å². The smallest absolute Gasteiger partial charge is 0.258 e. The van der Waals surface area contributed by atoms with Crippen molar-refractivity contribution in [3.8, 4) is 5.75 Å². The lowest BCUT2D eigenvalue weighted by molar-refractivity contribution is 0.102. The molecule has 0 heterocycles. The summed E-state index contributed by atoms with van der Waals surface area (Å²) in [6, 6.07) is 9.68. The van der Waals surface area contributed by atoms with Crippen molar-refractivity contribution in [2.45, 2.75) is 18.7 Å². The molecule has 26 heavy (non-hydrogen) atoms. The Morgan fingerprint density at radius 1 is 1.12 bits per heavy atom. The Morgan fingerprint density at radius 2 is 1.73 bits per heavy atom. The van der Waals surface area contributed by atoms with E-state index in [2.05, 4.69) is 5.32 Å². The first kappa shape index (κ1) is 19.9. The van der Waals surface area contributed by atoms with Crippen LogP contribution in [-0.2, 0) is 10.0 Å². The van der Waals surface area contributed by atoms with Gasteiger partial charge in [-0.25, -0.2) is 12.8 Å². The fourth-order valence-corrected chi connectivity index (χ4v) is 3.89. The molecule has 0 spiro atoms. The Kier molecular flexibility index (Phi) is 6.33. The summed E-state index contributed by atoms with van der Waals surface area (Å²) in [5.41, 5.74) is 0.231. The van der Waals surface area contributed by atoms with Crippen LogP contribution in [0.1, 0.15) is 24.2 Å². The van der Waals surface area contributed by atoms with Gasteiger partial charge in [0.15, 0.2) is 0 Å². The van der Waals surface area contributed by atoms with Crippen LogP contribution in [0.25, 0.3) is 0 Å². The van der Waals surface area contributed by atoms with Crippen molar-refractivity contribution >= 4 is 21.6 Å². The lowest BCUT2D eigenvalue weighted by Crippen LogP contribution is -2.30. The Labute approximate surface area is 152 Å². The quantitative estimate of drug-likeness (QED) is 0.801. The Balaban J connectivity index is 2.18. The van der Waals surface area contributed by atoms with Crippen LogP contribution >= 0.6 is 0 Å². The van der Waals surface area contributed by atoms with Crippen molar-refractivity contribution in [2.24, 2.45) is 0 Å². The molecule has 0 fully saturated rings. The lowest BCUT2D eigenvalue weighted by atomic mass is 10.2. The predicted octanol–water partition coefficient (Wildman–Crippen LogP) is 3.12. The topological polar surface area (TPSA) is 75.7 Å². The second-order valence-corrected chi connectivity index (χ2v) is 7.35. The number of ether oxygens (including phenoxy) is 1. The summed E-state index contributed by atoms with van der Waals surface area (Å²) in [7, 11) is -2.16. The third kappa shape index (κ3) is 4.20. The maximum absolute atomic E-state index is 14.0. The van der Waals surface area contributed by atoms with Gasteiger partial charge in [0.05, 0.1) is 17.6 Å². The standard InChI is InChI=1S/C18H21FN2O4S/c1-4-21(5-2)26(23,24)15-9-6-13(7-10-15)20-18(22)16-11-8-14(25-3)12-17(16)19/h6-12H,4-5H2,1-3H3,(H,20,22). The van der Waals surface area contributed by atoms with Crippen molar-refractivity contribution in [2.75, 3.05) is 25.5 Å². The van der Waals surface area contributed by atoms with Crippen LogP contribution in [-0.4, -0.2) is 38.8 Å². The van der Waals surface area contributed by atoms with Gasteiger partial charge in [-0.1, -0.05) is 13.8 Å². The van der Waals surface area contributed by atoms with E-state index in [0.29, 0.717) is 24.5 Å². The largest absolute Gasteiger partial charge is 0.497 e. The summed E-state index contributed by atoms with van der Waals surface area (Å²) in [6.45, 7) is 4.26. The van der Waals surface area contributed by atoms with Gasteiger partial charge in [0.2, 0.25) is 10.0 Å². The fourth-order valence-electron chi connectivity index (χ4n) is 2.43. The van der Waals surface area contributed by atoms with Crippen LogP contribution in [0.2, 0.25) is 0 Å². The minimum Gasteiger partial charge on any atom is -0.497 e. The second kappa shape index (κ2) is 8.29. The molecule has 0 aliphatic rings. The van der Waals surface area contributed by atoms with Gasteiger partial charge >= 0.3 is 0 Å². The van der Waals surface area contributed by atoms with E-state index in [1.165, 1.54) is 47.8 Å². The number of hydrogen-bond donors (Lipinski definition) is 1. The SMILES string of the molecule is CCN(CC)S(=O)(=O)c1ccc(NC(=O)c2ccc(OC)cc2F)cc1. The summed E-state index contributed by atoms with van der Waals surface area (Å²) in [5, 5.41) is 2.54. The third-order valence-electron chi connectivity index (χ3n) is 3.88. The van der Waals surface area contributed by atoms with Crippen LogP contribution in [0.3, 0.4) is 0 Å². The van der Waals surface area contributed by atoms with E-state index >= 15 is 0 Å². The molecular weight excluding hydrogens is 359 g/mol. The zero-order valence-corrected chi connectivity index (χ0v) is 15.6. The second-order valence-electron chi connectivity index (χ2n) is 5.41. The first-order valence-electron chi connectivity index (χ1n) is 8.08. The molecule has 140 valence electrons. The number of nitrogens with zero attached hydrogens (tertiary/aromatic N) is 1. The van der Waals surface area contributed by atoms with Crippen LogP contribution in [0.4, 0.5) is 10.1 Å². The predicted molar refractivity (Wildman–Crippen MR) is 97.5 cm³/mol. The number of rotatable bonds is 7. The number of nitrogens with one attached hydrogen (secondary N) is 1. The Morgan fingerprint density at radius 3 is 2.23 bits per heavy atom. The number of carbonyl (C=O) groups excluding carboxylic acids is 1. The number of methoxy groups -OCH3 is 1. The first-order chi connectivity index (χ1) is 12.3. The molecule has 0 aliphatic carbocycles. The number of halogens is 1. The maximum Gasteiger partial charge on any atom is 0.258 e. The highest BCUT2D eigenvalue weighted by Crippen LogP contribution is 2.20. The Bertz CT molecular complexity index is 879. The van der Waals surface area contributed by atoms with Gasteiger partial charge in [0.25, 0.3) is 5.91 Å². The van der Waals surface area contributed by atoms with Crippen LogP contribution in [0.15, 0.2) is 47.4 Å². The minimum atomic E-state index is -3.57. The number of anilines is 1. The number of amides is 1. The maximum atomic E-state index is 14.0. The molecule has 0 saturated carbocycles. The molecule has 8 heteroatoms. The van der Waals surface area contributed by atoms with E-state index in [4.69, 9.17) is 4.74 Å². The number of carbonyl (C=O) groups is 1. The summed E-state index contributed by atoms with van der Waals surface area (Å²) in [6.07, 6.45) is 0. The molecule has 6 nitrogen and oxygen atoms in total. The third-order valence-corrected chi connectivity index (χ3v) is 5.94. The molecule has 2 aromatic carbocycles. The van der Waals surface area contributed by atoms with Crippen LogP contribution in [0, 0.1) is 5.82 Å². The molecule has 1 N–H and O–H groups in total. The van der Waals surface area contributed by atoms with E-state index in [1.807, 2.05) is 0 Å². The van der Waals surface area contributed by atoms with Crippen LogP contribution in [0.5, 0.6) is 5.75 Å². The molecule has 0 radical (unpaired) electrons. The first-order valence-corrected chi connectivity index (χ1v) is 9.52. The van der Waals surface area contributed by atoms with Gasteiger partial charge in [0, 0.05) is 24.8 Å². The van der Waals surface area contributed by atoms with Gasteiger partial charge in [0.1, 0.15) is 11.6 Å². The van der Waals surface area contributed by atoms with Gasteiger partial charge in [-0.3, -0.25) is 4.79 Å². The number of benzene rings is 2. The normalized spacial score (nSPS) is 11.4. The van der Waals surface area contributed by atoms with Crippen molar-refractivity contribution in [1.82, 2.24) is 4.31 Å². The van der Waals surface area contributed by atoms with E-state index < -0.39 is 21.7 Å². The molecule has 0 saturated heterocycles. The highest BCUT2D eigenvalue weighted by Gasteiger charge is 2.21. The fraction of sp³-hybridized carbons (Fsp3) is 0.278. The zero-order valence-electron chi connectivity index (χ0n) is 14.8. The van der Waals surface area contributed by atoms with Crippen molar-refractivity contribution in [1.29, 1.82) is 0 Å². The van der Waals surface area contributed by atoms with Crippen molar-refractivity contribution in [3.63, 3.8) is 0 Å². The van der Waals surface area contributed by atoms with Crippen LogP contribution < -0.4 is 10.1 Å². The van der Waals surface area contributed by atoms with E-state index in [-0.39, 0.29) is 10.5 Å². The molecule has 0 bridgehead atoms. The molecule has 0 atom stereocenters. The molecular formula is C18H21FN2O4S. The molecule has 0 aliphatic heterocycles.